The fourth-order valence-electron chi connectivity index (χ4n) is 1.48. The predicted octanol–water partition coefficient (Wildman–Crippen LogP) is 4.25. The van der Waals surface area contributed by atoms with Crippen LogP contribution in [0.4, 0.5) is 13.2 Å². The summed E-state index contributed by atoms with van der Waals surface area (Å²) < 4.78 is 45.6. The lowest BCUT2D eigenvalue weighted by Crippen LogP contribution is -2.51. The first-order chi connectivity index (χ1) is 9.02. The van der Waals surface area contributed by atoms with E-state index in [1.807, 2.05) is 6.92 Å². The molecule has 0 saturated carbocycles. The van der Waals surface area contributed by atoms with Gasteiger partial charge in [0.15, 0.2) is 5.78 Å². The van der Waals surface area contributed by atoms with E-state index in [1.165, 1.54) is 0 Å². The summed E-state index contributed by atoms with van der Waals surface area (Å²) in [6.45, 7) is 4.58. The molecule has 0 aromatic heterocycles. The normalized spacial score (nSPS) is 16.0. The van der Waals surface area contributed by atoms with Crippen molar-refractivity contribution >= 4 is 29.0 Å². The third kappa shape index (κ3) is 5.39. The first-order valence-electron chi connectivity index (χ1n) is 6.26. The Hall–Kier alpha value is -0.0400. The van der Waals surface area contributed by atoms with E-state index in [0.29, 0.717) is 6.42 Å². The molecule has 3 nitrogen and oxygen atoms in total. The Kier molecular flexibility index (Phi) is 7.81. The molecule has 0 aliphatic heterocycles. The van der Waals surface area contributed by atoms with E-state index in [2.05, 4.69) is 0 Å². The minimum atomic E-state index is -4.90. The number of hydrogen-bond acceptors (Lipinski definition) is 3. The van der Waals surface area contributed by atoms with Crippen molar-refractivity contribution in [3.05, 3.63) is 0 Å². The van der Waals surface area contributed by atoms with Crippen LogP contribution in [-0.2, 0) is 14.3 Å². The van der Waals surface area contributed by atoms with Crippen molar-refractivity contribution in [2.45, 2.75) is 56.3 Å². The maximum absolute atomic E-state index is 12.8. The molecule has 1 atom stereocenters. The van der Waals surface area contributed by atoms with Gasteiger partial charge in [-0.15, -0.1) is 0 Å². The molecule has 0 N–H and O–H groups in total. The van der Waals surface area contributed by atoms with E-state index in [0.717, 1.165) is 13.3 Å². The molecule has 8 heteroatoms. The first-order valence-corrected chi connectivity index (χ1v) is 7.01. The van der Waals surface area contributed by atoms with Crippen molar-refractivity contribution in [2.24, 2.45) is 0 Å². The van der Waals surface area contributed by atoms with Crippen LogP contribution in [-0.4, -0.2) is 35.3 Å². The van der Waals surface area contributed by atoms with Crippen LogP contribution < -0.4 is 0 Å². The summed E-state index contributed by atoms with van der Waals surface area (Å²) in [6, 6.07) is 0. The van der Waals surface area contributed by atoms with Crippen LogP contribution in [0.2, 0.25) is 0 Å². The molecule has 0 amide bonds. The van der Waals surface area contributed by atoms with Gasteiger partial charge in [0.1, 0.15) is 0 Å². The number of halogens is 5. The number of Topliss-reactive ketones (excluding diaryl/α,β-unsaturated/α-hetero) is 1. The Balaban J connectivity index is 5.24. The zero-order valence-corrected chi connectivity index (χ0v) is 13.2. The zero-order chi connectivity index (χ0) is 16.0. The Morgan fingerprint density at radius 2 is 1.70 bits per heavy atom. The molecule has 120 valence electrons. The van der Waals surface area contributed by atoms with Gasteiger partial charge in [-0.3, -0.25) is 4.79 Å². The summed E-state index contributed by atoms with van der Waals surface area (Å²) in [6.07, 6.45) is -4.58. The number of hydrogen-bond donors (Lipinski definition) is 0. The fraction of sp³-hybridized carbons (Fsp3) is 0.917. The third-order valence-corrected chi connectivity index (χ3v) is 3.31. The summed E-state index contributed by atoms with van der Waals surface area (Å²) in [7, 11) is 0. The van der Waals surface area contributed by atoms with Crippen LogP contribution in [0, 0.1) is 0 Å². The molecule has 0 radical (unpaired) electrons. The highest BCUT2D eigenvalue weighted by atomic mass is 35.5. The highest BCUT2D eigenvalue weighted by molar-refractivity contribution is 6.49. The molecule has 0 bridgehead atoms. The van der Waals surface area contributed by atoms with E-state index in [1.54, 1.807) is 6.92 Å². The lowest BCUT2D eigenvalue weighted by molar-refractivity contribution is -0.243. The Bertz CT molecular complexity index is 322. The van der Waals surface area contributed by atoms with E-state index in [-0.39, 0.29) is 13.2 Å². The molecule has 0 aromatic rings. The lowest BCUT2D eigenvalue weighted by atomic mass is 10.0. The molecule has 20 heavy (non-hydrogen) atoms. The van der Waals surface area contributed by atoms with Gasteiger partial charge < -0.3 is 9.47 Å². The summed E-state index contributed by atoms with van der Waals surface area (Å²) in [5, 5.41) is 0. The second-order valence-electron chi connectivity index (χ2n) is 4.32. The molecule has 0 aliphatic carbocycles. The molecule has 0 rings (SSSR count). The van der Waals surface area contributed by atoms with Gasteiger partial charge in [0.05, 0.1) is 13.0 Å². The van der Waals surface area contributed by atoms with Crippen LogP contribution in [0.5, 0.6) is 0 Å². The van der Waals surface area contributed by atoms with Gasteiger partial charge in [0.25, 0.3) is 0 Å². The van der Waals surface area contributed by atoms with Crippen LogP contribution in [0.15, 0.2) is 0 Å². The predicted molar refractivity (Wildman–Crippen MR) is 71.0 cm³/mol. The lowest BCUT2D eigenvalue weighted by Gasteiger charge is -2.36. The van der Waals surface area contributed by atoms with E-state index < -0.39 is 28.5 Å². The van der Waals surface area contributed by atoms with Gasteiger partial charge in [-0.05, 0) is 13.3 Å². The van der Waals surface area contributed by atoms with Crippen LogP contribution in [0.25, 0.3) is 0 Å². The molecule has 0 aliphatic rings. The third-order valence-electron chi connectivity index (χ3n) is 2.62. The Morgan fingerprint density at radius 1 is 1.15 bits per heavy atom. The van der Waals surface area contributed by atoms with Crippen molar-refractivity contribution < 1.29 is 27.4 Å². The standard InChI is InChI=1S/C12H19Cl2F3O3/c1-4-6-7-20-10(9(3)18,19-5-2)8-11(13,14)12(15,16)17/h4-8H2,1-3H3. The second-order valence-corrected chi connectivity index (χ2v) is 5.81. The molecular formula is C12H19Cl2F3O3. The van der Waals surface area contributed by atoms with E-state index in [9.17, 15) is 18.0 Å². The van der Waals surface area contributed by atoms with Crippen molar-refractivity contribution in [2.75, 3.05) is 13.2 Å². The van der Waals surface area contributed by atoms with Crippen LogP contribution in [0.1, 0.15) is 40.0 Å². The van der Waals surface area contributed by atoms with Gasteiger partial charge in [0.2, 0.25) is 10.1 Å². The second kappa shape index (κ2) is 7.82. The van der Waals surface area contributed by atoms with Gasteiger partial charge in [-0.1, -0.05) is 36.5 Å². The minimum absolute atomic E-state index is 0.00653. The molecule has 0 aromatic carbocycles. The number of unbranched alkanes of at least 4 members (excludes halogenated alkanes) is 1. The maximum atomic E-state index is 12.8. The SMILES string of the molecule is CCCCOC(CC(Cl)(Cl)C(F)(F)F)(OCC)C(C)=O. The molecule has 0 heterocycles. The summed E-state index contributed by atoms with van der Waals surface area (Å²) in [4.78, 5) is 11.7. The van der Waals surface area contributed by atoms with Crippen molar-refractivity contribution in [3.8, 4) is 0 Å². The monoisotopic (exact) mass is 338 g/mol. The summed E-state index contributed by atoms with van der Waals surface area (Å²) in [5.41, 5.74) is 0. The fourth-order valence-corrected chi connectivity index (χ4v) is 1.83. The molecule has 0 fully saturated rings. The topological polar surface area (TPSA) is 35.5 Å². The number of carbonyl (C=O) groups excluding carboxylic acids is 1. The number of rotatable bonds is 9. The highest BCUT2D eigenvalue weighted by Crippen LogP contribution is 2.46. The van der Waals surface area contributed by atoms with Crippen molar-refractivity contribution in [1.29, 1.82) is 0 Å². The zero-order valence-electron chi connectivity index (χ0n) is 11.7. The summed E-state index contributed by atoms with van der Waals surface area (Å²) in [5.74, 6) is -2.78. The average Bonchev–Trinajstić information content (AvgIpc) is 2.27. The maximum Gasteiger partial charge on any atom is 0.421 e. The van der Waals surface area contributed by atoms with Crippen molar-refractivity contribution in [1.82, 2.24) is 0 Å². The molecule has 0 saturated heterocycles. The summed E-state index contributed by atoms with van der Waals surface area (Å²) >= 11 is 10.6. The minimum Gasteiger partial charge on any atom is -0.344 e. The molecule has 0 spiro atoms. The number of ketones is 1. The van der Waals surface area contributed by atoms with Gasteiger partial charge >= 0.3 is 6.18 Å². The number of alkyl halides is 5. The van der Waals surface area contributed by atoms with Gasteiger partial charge in [0, 0.05) is 13.5 Å². The number of carbonyl (C=O) groups is 1. The van der Waals surface area contributed by atoms with Gasteiger partial charge in [-0.25, -0.2) is 0 Å². The van der Waals surface area contributed by atoms with E-state index in [4.69, 9.17) is 32.7 Å². The highest BCUT2D eigenvalue weighted by Gasteiger charge is 2.58. The van der Waals surface area contributed by atoms with E-state index >= 15 is 0 Å². The van der Waals surface area contributed by atoms with Crippen LogP contribution in [0.3, 0.4) is 0 Å². The average molecular weight is 339 g/mol. The first kappa shape index (κ1) is 20.0. The smallest absolute Gasteiger partial charge is 0.344 e. The largest absolute Gasteiger partial charge is 0.421 e. The molecule has 1 unspecified atom stereocenters. The van der Waals surface area contributed by atoms with Crippen LogP contribution >= 0.6 is 23.2 Å². The van der Waals surface area contributed by atoms with Gasteiger partial charge in [-0.2, -0.15) is 13.2 Å². The quantitative estimate of drug-likeness (QED) is 0.358. The molecular weight excluding hydrogens is 320 g/mol. The van der Waals surface area contributed by atoms with Crippen molar-refractivity contribution in [3.63, 3.8) is 0 Å². The number of ether oxygens (including phenoxy) is 2. The Labute approximate surface area is 126 Å². The Morgan fingerprint density at radius 3 is 2.05 bits per heavy atom.